The lowest BCUT2D eigenvalue weighted by Crippen LogP contribution is -2.28. The normalized spacial score (nSPS) is 16.0. The van der Waals surface area contributed by atoms with E-state index in [9.17, 15) is 0 Å². The van der Waals surface area contributed by atoms with Crippen molar-refractivity contribution >= 4 is 0 Å². The number of hydrogen-bond acceptors (Lipinski definition) is 1. The highest BCUT2D eigenvalue weighted by Gasteiger charge is 2.18. The molecule has 1 atom stereocenters. The topological polar surface area (TPSA) is 3.24 Å². The molecule has 0 saturated heterocycles. The van der Waals surface area contributed by atoms with Gasteiger partial charge in [0.25, 0.3) is 0 Å². The van der Waals surface area contributed by atoms with Crippen molar-refractivity contribution in [1.82, 2.24) is 4.90 Å². The van der Waals surface area contributed by atoms with Crippen LogP contribution in [0.3, 0.4) is 0 Å². The summed E-state index contributed by atoms with van der Waals surface area (Å²) in [6.45, 7) is 11.3. The molecule has 2 aromatic rings. The van der Waals surface area contributed by atoms with Gasteiger partial charge in [0.05, 0.1) is 0 Å². The zero-order valence-electron chi connectivity index (χ0n) is 13.8. The van der Waals surface area contributed by atoms with Crippen molar-refractivity contribution in [1.29, 1.82) is 0 Å². The standard InChI is InChI=1S/C11H15N.C6H6.C4H6/c1-9-7-12(2)8-10-5-3-4-6-11(9)10;1-2-4-6-5-3-1;1-3-4-2/h3-6,9H,7-8H2,1-2H3;1-6H;3-4H,1-2H2. The second-order valence-electron chi connectivity index (χ2n) is 5.42. The van der Waals surface area contributed by atoms with Crippen LogP contribution in [-0.2, 0) is 6.54 Å². The quantitative estimate of drug-likeness (QED) is 0.646. The zero-order valence-corrected chi connectivity index (χ0v) is 13.8. The number of fused-ring (bicyclic) bond motifs is 1. The minimum atomic E-state index is 0.694. The van der Waals surface area contributed by atoms with Crippen molar-refractivity contribution in [2.75, 3.05) is 13.6 Å². The molecule has 0 aromatic heterocycles. The van der Waals surface area contributed by atoms with Gasteiger partial charge in [-0.05, 0) is 24.1 Å². The number of hydrogen-bond donors (Lipinski definition) is 0. The molecule has 0 amide bonds. The summed E-state index contributed by atoms with van der Waals surface area (Å²) in [4.78, 5) is 2.38. The SMILES string of the molecule is C=CC=C.CC1CN(C)Cc2ccccc21.c1ccccc1. The van der Waals surface area contributed by atoms with Gasteiger partial charge < -0.3 is 4.90 Å². The van der Waals surface area contributed by atoms with Gasteiger partial charge in [-0.25, -0.2) is 0 Å². The Morgan fingerprint density at radius 1 is 0.909 bits per heavy atom. The Bertz CT molecular complexity index is 512. The predicted molar refractivity (Wildman–Crippen MR) is 98.0 cm³/mol. The Morgan fingerprint density at radius 2 is 1.41 bits per heavy atom. The third kappa shape index (κ3) is 6.55. The maximum absolute atomic E-state index is 3.36. The lowest BCUT2D eigenvalue weighted by atomic mass is 9.92. The molecule has 0 fully saturated rings. The van der Waals surface area contributed by atoms with E-state index in [0.29, 0.717) is 5.92 Å². The fourth-order valence-electron chi connectivity index (χ4n) is 2.47. The molecular formula is C21H27N. The van der Waals surface area contributed by atoms with Crippen LogP contribution in [0.15, 0.2) is 86.0 Å². The molecule has 3 rings (SSSR count). The van der Waals surface area contributed by atoms with E-state index in [1.54, 1.807) is 12.2 Å². The van der Waals surface area contributed by atoms with E-state index >= 15 is 0 Å². The van der Waals surface area contributed by atoms with Crippen LogP contribution in [0.2, 0.25) is 0 Å². The smallest absolute Gasteiger partial charge is 0.0233 e. The third-order valence-electron chi connectivity index (χ3n) is 3.45. The fraction of sp³-hybridized carbons (Fsp3) is 0.238. The van der Waals surface area contributed by atoms with Gasteiger partial charge in [-0.3, -0.25) is 0 Å². The summed E-state index contributed by atoms with van der Waals surface area (Å²) >= 11 is 0. The van der Waals surface area contributed by atoms with Gasteiger partial charge >= 0.3 is 0 Å². The molecule has 0 saturated carbocycles. The van der Waals surface area contributed by atoms with E-state index in [4.69, 9.17) is 0 Å². The molecule has 1 heterocycles. The summed E-state index contributed by atoms with van der Waals surface area (Å²) in [5.74, 6) is 0.694. The number of benzene rings is 2. The van der Waals surface area contributed by atoms with Crippen LogP contribution in [0, 0.1) is 0 Å². The van der Waals surface area contributed by atoms with Crippen LogP contribution in [0.4, 0.5) is 0 Å². The summed E-state index contributed by atoms with van der Waals surface area (Å²) in [5, 5.41) is 0. The minimum Gasteiger partial charge on any atom is -0.302 e. The van der Waals surface area contributed by atoms with Crippen LogP contribution in [0.1, 0.15) is 24.0 Å². The van der Waals surface area contributed by atoms with Gasteiger partial charge in [0.15, 0.2) is 0 Å². The Hall–Kier alpha value is -2.12. The largest absolute Gasteiger partial charge is 0.302 e. The molecule has 0 spiro atoms. The van der Waals surface area contributed by atoms with Gasteiger partial charge in [-0.1, -0.05) is 92.9 Å². The Kier molecular flexibility index (Phi) is 8.63. The second-order valence-corrected chi connectivity index (χ2v) is 5.42. The van der Waals surface area contributed by atoms with Crippen molar-refractivity contribution in [3.05, 3.63) is 97.1 Å². The van der Waals surface area contributed by atoms with Crippen molar-refractivity contribution in [3.63, 3.8) is 0 Å². The Morgan fingerprint density at radius 3 is 1.91 bits per heavy atom. The van der Waals surface area contributed by atoms with Crippen LogP contribution in [0.25, 0.3) is 0 Å². The Balaban J connectivity index is 0.000000203. The maximum atomic E-state index is 3.36. The first-order chi connectivity index (χ1) is 10.7. The van der Waals surface area contributed by atoms with E-state index in [2.05, 4.69) is 56.3 Å². The van der Waals surface area contributed by atoms with Gasteiger partial charge in [-0.15, -0.1) is 0 Å². The summed E-state index contributed by atoms with van der Waals surface area (Å²) in [6, 6.07) is 20.8. The lowest BCUT2D eigenvalue weighted by Gasteiger charge is -2.29. The molecule has 0 aliphatic carbocycles. The van der Waals surface area contributed by atoms with Crippen LogP contribution < -0.4 is 0 Å². The lowest BCUT2D eigenvalue weighted by molar-refractivity contribution is 0.288. The molecule has 1 nitrogen and oxygen atoms in total. The van der Waals surface area contributed by atoms with Gasteiger partial charge in [0, 0.05) is 13.1 Å². The first kappa shape index (κ1) is 17.9. The predicted octanol–water partition coefficient (Wildman–Crippen LogP) is 5.28. The molecule has 0 N–H and O–H groups in total. The maximum Gasteiger partial charge on any atom is 0.0233 e. The molecule has 22 heavy (non-hydrogen) atoms. The van der Waals surface area contributed by atoms with E-state index in [1.807, 2.05) is 36.4 Å². The van der Waals surface area contributed by atoms with Crippen LogP contribution in [0.5, 0.6) is 0 Å². The molecular weight excluding hydrogens is 266 g/mol. The van der Waals surface area contributed by atoms with Crippen molar-refractivity contribution < 1.29 is 0 Å². The zero-order chi connectivity index (χ0) is 16.2. The van der Waals surface area contributed by atoms with E-state index in [-0.39, 0.29) is 0 Å². The molecule has 2 aromatic carbocycles. The van der Waals surface area contributed by atoms with Crippen molar-refractivity contribution in [2.24, 2.45) is 0 Å². The van der Waals surface area contributed by atoms with Gasteiger partial charge in [0.2, 0.25) is 0 Å². The number of likely N-dealkylation sites (N-methyl/N-ethyl adjacent to an activating group) is 1. The molecule has 1 heteroatoms. The van der Waals surface area contributed by atoms with Gasteiger partial charge in [-0.2, -0.15) is 0 Å². The number of nitrogens with zero attached hydrogens (tertiary/aromatic N) is 1. The third-order valence-corrected chi connectivity index (χ3v) is 3.45. The first-order valence-corrected chi connectivity index (χ1v) is 7.68. The fourth-order valence-corrected chi connectivity index (χ4v) is 2.47. The van der Waals surface area contributed by atoms with Gasteiger partial charge in [0.1, 0.15) is 0 Å². The van der Waals surface area contributed by atoms with E-state index < -0.39 is 0 Å². The monoisotopic (exact) mass is 293 g/mol. The average molecular weight is 293 g/mol. The number of rotatable bonds is 1. The summed E-state index contributed by atoms with van der Waals surface area (Å²) in [5.41, 5.74) is 3.04. The van der Waals surface area contributed by atoms with Crippen molar-refractivity contribution in [3.8, 4) is 0 Å². The molecule has 0 radical (unpaired) electrons. The summed E-state index contributed by atoms with van der Waals surface area (Å²) in [7, 11) is 2.19. The average Bonchev–Trinajstić information content (AvgIpc) is 2.57. The Labute approximate surface area is 135 Å². The molecule has 1 unspecified atom stereocenters. The molecule has 116 valence electrons. The minimum absolute atomic E-state index is 0.694. The molecule has 1 aliphatic rings. The van der Waals surface area contributed by atoms with E-state index in [1.165, 1.54) is 17.7 Å². The van der Waals surface area contributed by atoms with Crippen LogP contribution in [-0.4, -0.2) is 18.5 Å². The van der Waals surface area contributed by atoms with E-state index in [0.717, 1.165) is 6.54 Å². The highest BCUT2D eigenvalue weighted by Crippen LogP contribution is 2.26. The highest BCUT2D eigenvalue weighted by atomic mass is 15.1. The molecule has 0 bridgehead atoms. The summed E-state index contributed by atoms with van der Waals surface area (Å²) < 4.78 is 0. The highest BCUT2D eigenvalue weighted by molar-refractivity contribution is 5.32. The summed E-state index contributed by atoms with van der Waals surface area (Å²) in [6.07, 6.45) is 3.28. The molecule has 1 aliphatic heterocycles. The number of allylic oxidation sites excluding steroid dienone is 2. The van der Waals surface area contributed by atoms with Crippen LogP contribution >= 0.6 is 0 Å². The first-order valence-electron chi connectivity index (χ1n) is 7.68. The van der Waals surface area contributed by atoms with Crippen molar-refractivity contribution in [2.45, 2.75) is 19.4 Å². The second kappa shape index (κ2) is 10.6.